The van der Waals surface area contributed by atoms with Crippen molar-refractivity contribution in [1.82, 2.24) is 4.98 Å². The average Bonchev–Trinajstić information content (AvgIpc) is 2.81. The molecule has 2 rings (SSSR count). The highest BCUT2D eigenvalue weighted by atomic mass is 19.1. The predicted octanol–water partition coefficient (Wildman–Crippen LogP) is 4.42. The van der Waals surface area contributed by atoms with Crippen LogP contribution in [0.2, 0.25) is 0 Å². The minimum Gasteiger partial charge on any atom is -0.368 e. The summed E-state index contributed by atoms with van der Waals surface area (Å²) in [5.41, 5.74) is 0. The van der Waals surface area contributed by atoms with E-state index in [0.717, 1.165) is 31.7 Å². The summed E-state index contributed by atoms with van der Waals surface area (Å²) in [7, 11) is 0. The van der Waals surface area contributed by atoms with Crippen molar-refractivity contribution in [3.05, 3.63) is 17.7 Å². The quantitative estimate of drug-likeness (QED) is 0.816. The van der Waals surface area contributed by atoms with Crippen molar-refractivity contribution in [1.29, 1.82) is 0 Å². The average molecular weight is 297 g/mol. The summed E-state index contributed by atoms with van der Waals surface area (Å²) in [6.45, 7) is 6.98. The van der Waals surface area contributed by atoms with Crippen molar-refractivity contribution < 1.29 is 8.78 Å². The fourth-order valence-corrected chi connectivity index (χ4v) is 3.14. The lowest BCUT2D eigenvalue weighted by atomic mass is 9.93. The van der Waals surface area contributed by atoms with Gasteiger partial charge in [-0.1, -0.05) is 27.2 Å². The summed E-state index contributed by atoms with van der Waals surface area (Å²) in [5, 5.41) is 6.07. The van der Waals surface area contributed by atoms with Gasteiger partial charge >= 0.3 is 0 Å². The molecule has 1 aromatic rings. The maximum absolute atomic E-state index is 13.9. The molecular weight excluding hydrogens is 272 g/mol. The molecule has 1 aromatic heterocycles. The lowest BCUT2D eigenvalue weighted by Crippen LogP contribution is -2.26. The second-order valence-electron chi connectivity index (χ2n) is 5.93. The topological polar surface area (TPSA) is 37.0 Å². The van der Waals surface area contributed by atoms with Crippen LogP contribution < -0.4 is 10.6 Å². The summed E-state index contributed by atoms with van der Waals surface area (Å²) < 4.78 is 27.6. The van der Waals surface area contributed by atoms with E-state index in [1.807, 2.05) is 6.92 Å². The smallest absolute Gasteiger partial charge is 0.168 e. The van der Waals surface area contributed by atoms with Crippen molar-refractivity contribution in [3.63, 3.8) is 0 Å². The van der Waals surface area contributed by atoms with E-state index < -0.39 is 11.6 Å². The van der Waals surface area contributed by atoms with Crippen LogP contribution in [0, 0.1) is 23.5 Å². The summed E-state index contributed by atoms with van der Waals surface area (Å²) in [5.74, 6) is 0.165. The number of halogens is 2. The van der Waals surface area contributed by atoms with E-state index in [9.17, 15) is 8.78 Å². The maximum Gasteiger partial charge on any atom is 0.168 e. The number of anilines is 2. The Morgan fingerprint density at radius 2 is 1.90 bits per heavy atom. The van der Waals surface area contributed by atoms with Crippen molar-refractivity contribution in [2.45, 2.75) is 52.5 Å². The van der Waals surface area contributed by atoms with Gasteiger partial charge < -0.3 is 10.6 Å². The zero-order valence-corrected chi connectivity index (χ0v) is 13.0. The number of hydrogen-bond donors (Lipinski definition) is 2. The van der Waals surface area contributed by atoms with Gasteiger partial charge in [0.05, 0.1) is 0 Å². The minimum absolute atomic E-state index is 0.124. The molecule has 3 atom stereocenters. The monoisotopic (exact) mass is 297 g/mol. The molecule has 3 nitrogen and oxygen atoms in total. The highest BCUT2D eigenvalue weighted by Crippen LogP contribution is 2.36. The fraction of sp³-hybridized carbons (Fsp3) is 0.688. The van der Waals surface area contributed by atoms with Gasteiger partial charge in [-0.05, 0) is 31.1 Å². The molecule has 0 aromatic carbocycles. The third kappa shape index (κ3) is 3.63. The lowest BCUT2D eigenvalue weighted by Gasteiger charge is -2.22. The van der Waals surface area contributed by atoms with Gasteiger partial charge in [0.25, 0.3) is 0 Å². The first-order chi connectivity index (χ1) is 10.1. The Hall–Kier alpha value is -1.39. The highest BCUT2D eigenvalue weighted by molar-refractivity contribution is 5.48. The van der Waals surface area contributed by atoms with E-state index in [0.29, 0.717) is 18.4 Å². The Labute approximate surface area is 125 Å². The molecule has 3 unspecified atom stereocenters. The molecule has 1 fully saturated rings. The van der Waals surface area contributed by atoms with Gasteiger partial charge in [0.2, 0.25) is 0 Å². The molecule has 0 bridgehead atoms. The van der Waals surface area contributed by atoms with E-state index >= 15 is 0 Å². The van der Waals surface area contributed by atoms with Crippen molar-refractivity contribution >= 4 is 11.6 Å². The zero-order valence-electron chi connectivity index (χ0n) is 13.0. The van der Waals surface area contributed by atoms with Gasteiger partial charge in [-0.3, -0.25) is 0 Å². The molecule has 1 aliphatic rings. The fourth-order valence-electron chi connectivity index (χ4n) is 3.14. The molecule has 21 heavy (non-hydrogen) atoms. The van der Waals surface area contributed by atoms with E-state index in [1.165, 1.54) is 0 Å². The second kappa shape index (κ2) is 7.05. The van der Waals surface area contributed by atoms with Crippen LogP contribution in [-0.4, -0.2) is 17.6 Å². The molecule has 1 heterocycles. The van der Waals surface area contributed by atoms with Crippen LogP contribution in [0.3, 0.4) is 0 Å². The molecule has 2 N–H and O–H groups in total. The molecule has 0 radical (unpaired) electrons. The standard InChI is InChI=1S/C16H25F2N3/c1-4-8-19-15-12(17)9-13(18)16(21-15)20-14-7-6-11(5-2)10(14)3/h9-11,14H,4-8H2,1-3H3,(H2,19,20,21). The summed E-state index contributed by atoms with van der Waals surface area (Å²) in [6, 6.07) is 1.12. The van der Waals surface area contributed by atoms with E-state index in [-0.39, 0.29) is 17.7 Å². The summed E-state index contributed by atoms with van der Waals surface area (Å²) in [6.07, 6.45) is 4.16. The third-order valence-corrected chi connectivity index (χ3v) is 4.55. The van der Waals surface area contributed by atoms with Gasteiger partial charge in [-0.15, -0.1) is 0 Å². The molecule has 118 valence electrons. The van der Waals surface area contributed by atoms with Crippen molar-refractivity contribution in [2.75, 3.05) is 17.2 Å². The van der Waals surface area contributed by atoms with E-state index in [1.54, 1.807) is 0 Å². The Balaban J connectivity index is 2.12. The van der Waals surface area contributed by atoms with Gasteiger partial charge in [0.15, 0.2) is 23.3 Å². The van der Waals surface area contributed by atoms with E-state index in [4.69, 9.17) is 0 Å². The number of nitrogens with one attached hydrogen (secondary N) is 2. The first kappa shape index (κ1) is 16.0. The summed E-state index contributed by atoms with van der Waals surface area (Å²) >= 11 is 0. The van der Waals surface area contributed by atoms with Crippen LogP contribution in [0.4, 0.5) is 20.4 Å². The maximum atomic E-state index is 13.9. The summed E-state index contributed by atoms with van der Waals surface area (Å²) in [4.78, 5) is 4.09. The highest BCUT2D eigenvalue weighted by Gasteiger charge is 2.32. The minimum atomic E-state index is -0.641. The van der Waals surface area contributed by atoms with Gasteiger partial charge in [-0.25, -0.2) is 13.8 Å². The Morgan fingerprint density at radius 1 is 1.19 bits per heavy atom. The van der Waals surface area contributed by atoms with Crippen LogP contribution in [-0.2, 0) is 0 Å². The van der Waals surface area contributed by atoms with Gasteiger partial charge in [0, 0.05) is 18.7 Å². The number of nitrogens with zero attached hydrogens (tertiary/aromatic N) is 1. The number of rotatable bonds is 6. The molecule has 5 heteroatoms. The molecule has 0 spiro atoms. The zero-order chi connectivity index (χ0) is 15.4. The van der Waals surface area contributed by atoms with Crippen LogP contribution in [0.15, 0.2) is 6.07 Å². The van der Waals surface area contributed by atoms with Gasteiger partial charge in [0.1, 0.15) is 0 Å². The van der Waals surface area contributed by atoms with E-state index in [2.05, 4.69) is 29.5 Å². The number of hydrogen-bond acceptors (Lipinski definition) is 3. The lowest BCUT2D eigenvalue weighted by molar-refractivity contribution is 0.391. The van der Waals surface area contributed by atoms with Crippen molar-refractivity contribution in [3.8, 4) is 0 Å². The number of aromatic nitrogens is 1. The van der Waals surface area contributed by atoms with Crippen LogP contribution in [0.1, 0.15) is 46.5 Å². The SMILES string of the molecule is CCCNc1nc(NC2CCC(CC)C2C)c(F)cc1F. The normalized spacial score (nSPS) is 25.1. The van der Waals surface area contributed by atoms with Crippen molar-refractivity contribution in [2.24, 2.45) is 11.8 Å². The molecule has 1 saturated carbocycles. The van der Waals surface area contributed by atoms with Crippen LogP contribution in [0.25, 0.3) is 0 Å². The second-order valence-corrected chi connectivity index (χ2v) is 5.93. The Morgan fingerprint density at radius 3 is 2.52 bits per heavy atom. The Bertz CT molecular complexity index is 479. The molecule has 1 aliphatic carbocycles. The predicted molar refractivity (Wildman–Crippen MR) is 82.5 cm³/mol. The molecular formula is C16H25F2N3. The third-order valence-electron chi connectivity index (χ3n) is 4.55. The number of pyridine rings is 1. The first-order valence-corrected chi connectivity index (χ1v) is 7.93. The largest absolute Gasteiger partial charge is 0.368 e. The molecule has 0 saturated heterocycles. The molecule has 0 aliphatic heterocycles. The van der Waals surface area contributed by atoms with Gasteiger partial charge in [-0.2, -0.15) is 0 Å². The first-order valence-electron chi connectivity index (χ1n) is 7.93. The Kier molecular flexibility index (Phi) is 5.37. The van der Waals surface area contributed by atoms with Crippen LogP contribution in [0.5, 0.6) is 0 Å². The molecule has 0 amide bonds. The van der Waals surface area contributed by atoms with Crippen LogP contribution >= 0.6 is 0 Å².